The molecule has 0 amide bonds. The first-order valence-corrected chi connectivity index (χ1v) is 4.17. The molecule has 1 aromatic rings. The molecule has 0 bridgehead atoms. The van der Waals surface area contributed by atoms with Gasteiger partial charge in [-0.3, -0.25) is 9.67 Å². The van der Waals surface area contributed by atoms with Crippen LogP contribution in [0, 0.1) is 0 Å². The average Bonchev–Trinajstić information content (AvgIpc) is 2.52. The lowest BCUT2D eigenvalue weighted by Gasteiger charge is -2.03. The van der Waals surface area contributed by atoms with Gasteiger partial charge in [-0.15, -0.1) is 0 Å². The molecule has 0 saturated carbocycles. The van der Waals surface area contributed by atoms with Crippen molar-refractivity contribution in [3.63, 3.8) is 0 Å². The number of hydrogen-bond acceptors (Lipinski definition) is 2. The fourth-order valence-electron chi connectivity index (χ4n) is 0.889. The highest BCUT2D eigenvalue weighted by Crippen LogP contribution is 2.08. The van der Waals surface area contributed by atoms with Crippen LogP contribution >= 0.6 is 0 Å². The number of guanidine groups is 1. The molecule has 13 heavy (non-hydrogen) atoms. The Kier molecular flexibility index (Phi) is 2.89. The normalized spacial score (nSPS) is 12.2. The highest BCUT2D eigenvalue weighted by molar-refractivity contribution is 5.91. The summed E-state index contributed by atoms with van der Waals surface area (Å²) in [5, 5.41) is 7.06. The monoisotopic (exact) mass is 181 g/mol. The molecule has 0 unspecified atom stereocenters. The zero-order chi connectivity index (χ0) is 9.84. The van der Waals surface area contributed by atoms with Crippen LogP contribution in [0.3, 0.4) is 0 Å². The second kappa shape index (κ2) is 3.93. The quantitative estimate of drug-likeness (QED) is 0.524. The van der Waals surface area contributed by atoms with Crippen LogP contribution in [0.15, 0.2) is 17.4 Å². The Hall–Kier alpha value is -1.52. The van der Waals surface area contributed by atoms with Crippen molar-refractivity contribution in [3.8, 4) is 0 Å². The van der Waals surface area contributed by atoms with E-state index in [2.05, 4.69) is 29.3 Å². The largest absolute Gasteiger partial charge is 0.370 e. The number of hydrogen-bond donors (Lipinski definition) is 2. The van der Waals surface area contributed by atoms with E-state index in [9.17, 15) is 0 Å². The summed E-state index contributed by atoms with van der Waals surface area (Å²) in [4.78, 5) is 3.78. The van der Waals surface area contributed by atoms with Crippen molar-refractivity contribution in [2.24, 2.45) is 10.7 Å². The summed E-state index contributed by atoms with van der Waals surface area (Å²) in [6.07, 6.45) is 3.61. The first-order valence-electron chi connectivity index (χ1n) is 4.17. The summed E-state index contributed by atoms with van der Waals surface area (Å²) in [7, 11) is 1.63. The van der Waals surface area contributed by atoms with Crippen LogP contribution < -0.4 is 11.1 Å². The Balaban J connectivity index is 2.69. The molecule has 72 valence electrons. The summed E-state index contributed by atoms with van der Waals surface area (Å²) >= 11 is 0. The van der Waals surface area contributed by atoms with Gasteiger partial charge in [0.2, 0.25) is 0 Å². The van der Waals surface area contributed by atoms with Crippen molar-refractivity contribution in [3.05, 3.63) is 12.4 Å². The SMILES string of the molecule is CN=C(N)Nc1cnn(C(C)C)c1. The van der Waals surface area contributed by atoms with Gasteiger partial charge in [0, 0.05) is 19.3 Å². The van der Waals surface area contributed by atoms with Gasteiger partial charge in [0.25, 0.3) is 0 Å². The number of aromatic nitrogens is 2. The highest BCUT2D eigenvalue weighted by atomic mass is 15.3. The van der Waals surface area contributed by atoms with Gasteiger partial charge >= 0.3 is 0 Å². The lowest BCUT2D eigenvalue weighted by atomic mass is 10.4. The molecule has 0 aliphatic carbocycles. The topological polar surface area (TPSA) is 68.2 Å². The van der Waals surface area contributed by atoms with Gasteiger partial charge in [0.1, 0.15) is 0 Å². The number of aliphatic imine (C=N–C) groups is 1. The smallest absolute Gasteiger partial charge is 0.192 e. The van der Waals surface area contributed by atoms with E-state index in [4.69, 9.17) is 5.73 Å². The van der Waals surface area contributed by atoms with Crippen LogP contribution in [0.4, 0.5) is 5.69 Å². The van der Waals surface area contributed by atoms with E-state index in [0.717, 1.165) is 5.69 Å². The molecule has 1 aromatic heterocycles. The maximum Gasteiger partial charge on any atom is 0.192 e. The van der Waals surface area contributed by atoms with Crippen molar-refractivity contribution in [1.29, 1.82) is 0 Å². The second-order valence-electron chi connectivity index (χ2n) is 3.04. The third-order valence-electron chi connectivity index (χ3n) is 1.64. The molecular weight excluding hydrogens is 166 g/mol. The van der Waals surface area contributed by atoms with E-state index in [1.165, 1.54) is 0 Å². The van der Waals surface area contributed by atoms with Crippen LogP contribution in [0.25, 0.3) is 0 Å². The minimum absolute atomic E-state index is 0.357. The number of nitrogens with zero attached hydrogens (tertiary/aromatic N) is 3. The van der Waals surface area contributed by atoms with Gasteiger partial charge in [-0.1, -0.05) is 0 Å². The molecule has 0 radical (unpaired) electrons. The highest BCUT2D eigenvalue weighted by Gasteiger charge is 2.01. The fourth-order valence-corrected chi connectivity index (χ4v) is 0.889. The van der Waals surface area contributed by atoms with Crippen molar-refractivity contribution in [2.45, 2.75) is 19.9 Å². The van der Waals surface area contributed by atoms with Crippen LogP contribution in [0.1, 0.15) is 19.9 Å². The third kappa shape index (κ3) is 2.47. The molecule has 0 atom stereocenters. The van der Waals surface area contributed by atoms with Gasteiger partial charge in [0.05, 0.1) is 11.9 Å². The van der Waals surface area contributed by atoms with E-state index < -0.39 is 0 Å². The van der Waals surface area contributed by atoms with Crippen molar-refractivity contribution in [2.75, 3.05) is 12.4 Å². The summed E-state index contributed by atoms with van der Waals surface area (Å²) in [5.74, 6) is 0.392. The number of nitrogens with one attached hydrogen (secondary N) is 1. The Labute approximate surface area is 77.6 Å². The van der Waals surface area contributed by atoms with Gasteiger partial charge in [0.15, 0.2) is 5.96 Å². The molecule has 0 spiro atoms. The molecule has 0 aliphatic rings. The van der Waals surface area contributed by atoms with E-state index in [-0.39, 0.29) is 0 Å². The van der Waals surface area contributed by atoms with E-state index >= 15 is 0 Å². The predicted octanol–water partition coefficient (Wildman–Crippen LogP) is 0.820. The molecular formula is C8H15N5. The summed E-state index contributed by atoms with van der Waals surface area (Å²) in [6, 6.07) is 0.357. The lowest BCUT2D eigenvalue weighted by molar-refractivity contribution is 0.532. The summed E-state index contributed by atoms with van der Waals surface area (Å²) in [5.41, 5.74) is 6.35. The maximum atomic E-state index is 5.49. The van der Waals surface area contributed by atoms with Gasteiger partial charge in [-0.25, -0.2) is 0 Å². The van der Waals surface area contributed by atoms with E-state index in [1.807, 2.05) is 10.9 Å². The second-order valence-corrected chi connectivity index (χ2v) is 3.04. The van der Waals surface area contributed by atoms with Crippen molar-refractivity contribution in [1.82, 2.24) is 9.78 Å². The van der Waals surface area contributed by atoms with Gasteiger partial charge < -0.3 is 11.1 Å². The molecule has 0 saturated heterocycles. The number of anilines is 1. The van der Waals surface area contributed by atoms with E-state index in [1.54, 1.807) is 13.2 Å². The Morgan fingerprint density at radius 3 is 2.85 bits per heavy atom. The predicted molar refractivity (Wildman–Crippen MR) is 53.8 cm³/mol. The number of nitrogens with two attached hydrogens (primary N) is 1. The Morgan fingerprint density at radius 1 is 1.69 bits per heavy atom. The molecule has 0 fully saturated rings. The standard InChI is InChI=1S/C8H15N5/c1-6(2)13-5-7(4-11-13)12-8(9)10-3/h4-6H,1-3H3,(H3,9,10,12). The molecule has 1 rings (SSSR count). The van der Waals surface area contributed by atoms with Crippen molar-refractivity contribution < 1.29 is 0 Å². The van der Waals surface area contributed by atoms with Crippen LogP contribution in [-0.4, -0.2) is 22.8 Å². The third-order valence-corrected chi connectivity index (χ3v) is 1.64. The molecule has 5 heteroatoms. The van der Waals surface area contributed by atoms with E-state index in [0.29, 0.717) is 12.0 Å². The fraction of sp³-hybridized carbons (Fsp3) is 0.500. The molecule has 1 heterocycles. The lowest BCUT2D eigenvalue weighted by Crippen LogP contribution is -2.21. The maximum absolute atomic E-state index is 5.49. The summed E-state index contributed by atoms with van der Waals surface area (Å²) < 4.78 is 1.85. The zero-order valence-electron chi connectivity index (χ0n) is 8.15. The summed E-state index contributed by atoms with van der Waals surface area (Å²) in [6.45, 7) is 4.13. The Bertz CT molecular complexity index is 299. The first kappa shape index (κ1) is 9.57. The van der Waals surface area contributed by atoms with Crippen LogP contribution in [-0.2, 0) is 0 Å². The average molecular weight is 181 g/mol. The zero-order valence-corrected chi connectivity index (χ0v) is 8.15. The van der Waals surface area contributed by atoms with Crippen molar-refractivity contribution >= 4 is 11.6 Å². The number of rotatable bonds is 2. The Morgan fingerprint density at radius 2 is 2.38 bits per heavy atom. The minimum atomic E-state index is 0.357. The molecule has 5 nitrogen and oxygen atoms in total. The molecule has 0 aliphatic heterocycles. The minimum Gasteiger partial charge on any atom is -0.370 e. The molecule has 3 N–H and O–H groups in total. The van der Waals surface area contributed by atoms with Gasteiger partial charge in [-0.05, 0) is 13.8 Å². The van der Waals surface area contributed by atoms with Crippen LogP contribution in [0.2, 0.25) is 0 Å². The van der Waals surface area contributed by atoms with Crippen LogP contribution in [0.5, 0.6) is 0 Å². The van der Waals surface area contributed by atoms with Gasteiger partial charge in [-0.2, -0.15) is 5.10 Å². The first-order chi connectivity index (χ1) is 6.13. The molecule has 0 aromatic carbocycles.